The molecule has 5 heteroatoms. The molecule has 4 aliphatic rings. The predicted molar refractivity (Wildman–Crippen MR) is 107 cm³/mol. The van der Waals surface area contributed by atoms with Crippen LogP contribution < -0.4 is 11.2 Å². The van der Waals surface area contributed by atoms with Crippen molar-refractivity contribution in [2.45, 2.75) is 78.2 Å². The molecule has 0 bridgehead atoms. The van der Waals surface area contributed by atoms with Gasteiger partial charge in [0.1, 0.15) is 0 Å². The quantitative estimate of drug-likeness (QED) is 0.388. The maximum absolute atomic E-state index is 11.0. The van der Waals surface area contributed by atoms with Crippen molar-refractivity contribution in [1.29, 1.82) is 0 Å². The molecule has 0 unspecified atom stereocenters. The van der Waals surface area contributed by atoms with Gasteiger partial charge in [0.2, 0.25) is 0 Å². The molecular weight excluding hydrogens is 338 g/mol. The second-order valence-corrected chi connectivity index (χ2v) is 10.1. The number of allylic oxidation sites excluding steroid dienone is 1. The minimum Gasteiger partial charge on any atom is -0.393 e. The second-order valence-electron chi connectivity index (χ2n) is 10.1. The van der Waals surface area contributed by atoms with Crippen molar-refractivity contribution >= 4 is 11.7 Å². The minimum atomic E-state index is -0.588. The molecule has 4 N–H and O–H groups in total. The average molecular weight is 374 g/mol. The molecule has 0 aromatic rings. The van der Waals surface area contributed by atoms with Crippen LogP contribution >= 0.6 is 0 Å². The van der Waals surface area contributed by atoms with Crippen LogP contribution in [-0.4, -0.2) is 23.0 Å². The summed E-state index contributed by atoms with van der Waals surface area (Å²) in [5.74, 6) is 2.65. The summed E-state index contributed by atoms with van der Waals surface area (Å²) in [5.41, 5.74) is 10.7. The van der Waals surface area contributed by atoms with Gasteiger partial charge >= 0.3 is 6.03 Å². The lowest BCUT2D eigenvalue weighted by atomic mass is 9.47. The maximum atomic E-state index is 11.0. The maximum Gasteiger partial charge on any atom is 0.332 e. The number of carbonyl (C=O) groups is 1. The molecule has 0 radical (unpaired) electrons. The first-order valence-corrected chi connectivity index (χ1v) is 10.7. The molecule has 5 nitrogen and oxygen atoms in total. The van der Waals surface area contributed by atoms with Crippen LogP contribution in [0, 0.1) is 34.5 Å². The Morgan fingerprint density at radius 2 is 2.00 bits per heavy atom. The van der Waals surface area contributed by atoms with E-state index < -0.39 is 6.03 Å². The number of urea groups is 1. The highest BCUT2D eigenvalue weighted by molar-refractivity contribution is 5.86. The first-order chi connectivity index (χ1) is 12.8. The number of carbonyl (C=O) groups excluding carboxylic acids is 1. The fourth-order valence-corrected chi connectivity index (χ4v) is 7.55. The van der Waals surface area contributed by atoms with Gasteiger partial charge in [0.05, 0.1) is 6.10 Å². The molecule has 4 rings (SSSR count). The molecule has 0 aromatic carbocycles. The lowest BCUT2D eigenvalue weighted by molar-refractivity contribution is -0.0423. The van der Waals surface area contributed by atoms with Gasteiger partial charge in [-0.1, -0.05) is 25.5 Å². The van der Waals surface area contributed by atoms with Crippen molar-refractivity contribution in [3.05, 3.63) is 11.6 Å². The van der Waals surface area contributed by atoms with E-state index in [-0.39, 0.29) is 16.9 Å². The van der Waals surface area contributed by atoms with E-state index in [9.17, 15) is 9.90 Å². The van der Waals surface area contributed by atoms with Crippen molar-refractivity contribution in [2.24, 2.45) is 45.3 Å². The van der Waals surface area contributed by atoms with Crippen LogP contribution in [0.25, 0.3) is 0 Å². The van der Waals surface area contributed by atoms with E-state index in [1.54, 1.807) is 0 Å². The van der Waals surface area contributed by atoms with Gasteiger partial charge in [-0.05, 0) is 86.9 Å². The molecule has 0 aliphatic heterocycles. The van der Waals surface area contributed by atoms with Crippen LogP contribution in [-0.2, 0) is 0 Å². The van der Waals surface area contributed by atoms with Crippen LogP contribution in [0.2, 0.25) is 0 Å². The van der Waals surface area contributed by atoms with Crippen molar-refractivity contribution in [1.82, 2.24) is 5.43 Å². The van der Waals surface area contributed by atoms with Crippen molar-refractivity contribution in [3.8, 4) is 0 Å². The number of nitrogens with two attached hydrogens (primary N) is 1. The average Bonchev–Trinajstić information content (AvgIpc) is 2.97. The zero-order valence-electron chi connectivity index (χ0n) is 17.0. The zero-order valence-corrected chi connectivity index (χ0v) is 17.0. The molecule has 2 amide bonds. The van der Waals surface area contributed by atoms with Gasteiger partial charge < -0.3 is 10.8 Å². The van der Waals surface area contributed by atoms with Gasteiger partial charge in [-0.3, -0.25) is 0 Å². The highest BCUT2D eigenvalue weighted by atomic mass is 16.3. The van der Waals surface area contributed by atoms with Crippen molar-refractivity contribution in [2.75, 3.05) is 0 Å². The summed E-state index contributed by atoms with van der Waals surface area (Å²) >= 11 is 0. The van der Waals surface area contributed by atoms with Gasteiger partial charge in [-0.15, -0.1) is 0 Å². The van der Waals surface area contributed by atoms with Crippen LogP contribution in [0.4, 0.5) is 4.79 Å². The van der Waals surface area contributed by atoms with Crippen LogP contribution in [0.15, 0.2) is 16.8 Å². The number of nitrogens with zero attached hydrogens (tertiary/aromatic N) is 1. The molecule has 7 atom stereocenters. The smallest absolute Gasteiger partial charge is 0.332 e. The first kappa shape index (κ1) is 19.0. The Labute approximate surface area is 162 Å². The SMILES string of the molecule is C/C(=N\NC(N)=O)[C@H]1CC[C@H]2[C@@H]3CC=C4C[C@@H](O)CC[C@]4(C)[C@H]3CC[C@]12C. The Bertz CT molecular complexity index is 687. The van der Waals surface area contributed by atoms with E-state index in [0.29, 0.717) is 5.92 Å². The molecule has 4 aliphatic carbocycles. The Balaban J connectivity index is 1.59. The van der Waals surface area contributed by atoms with Gasteiger partial charge in [-0.25, -0.2) is 10.2 Å². The van der Waals surface area contributed by atoms with Gasteiger partial charge in [0, 0.05) is 11.6 Å². The monoisotopic (exact) mass is 373 g/mol. The Morgan fingerprint density at radius 1 is 1.22 bits per heavy atom. The Morgan fingerprint density at radius 3 is 2.74 bits per heavy atom. The molecular formula is C22H35N3O2. The summed E-state index contributed by atoms with van der Waals surface area (Å²) in [7, 11) is 0. The summed E-state index contributed by atoms with van der Waals surface area (Å²) in [6.45, 7) is 6.98. The number of hydrazone groups is 1. The number of nitrogens with one attached hydrogen (secondary N) is 1. The zero-order chi connectivity index (χ0) is 19.4. The molecule has 0 saturated heterocycles. The fourth-order valence-electron chi connectivity index (χ4n) is 7.55. The molecule has 0 aromatic heterocycles. The number of hydrogen-bond donors (Lipinski definition) is 3. The van der Waals surface area contributed by atoms with Gasteiger partial charge in [0.25, 0.3) is 0 Å². The van der Waals surface area contributed by atoms with Crippen LogP contribution in [0.5, 0.6) is 0 Å². The summed E-state index contributed by atoms with van der Waals surface area (Å²) in [4.78, 5) is 11.0. The van der Waals surface area contributed by atoms with E-state index in [0.717, 1.165) is 49.1 Å². The van der Waals surface area contributed by atoms with E-state index in [2.05, 4.69) is 30.5 Å². The van der Waals surface area contributed by atoms with E-state index in [4.69, 9.17) is 5.73 Å². The Kier molecular flexibility index (Phi) is 4.65. The standard InChI is InChI=1S/C22H35N3O2/c1-13(24-25-20(23)27)17-6-7-18-16-5-4-14-12-15(26)8-10-21(14,2)19(16)9-11-22(17,18)3/h4,15-19,26H,5-12H2,1-3H3,(H3,23,25,27)/b24-13+/t15-,16-,17+,18-,19-,21-,22+/m0/s1. The third-order valence-electron chi connectivity index (χ3n) is 8.92. The van der Waals surface area contributed by atoms with Gasteiger partial charge in [0.15, 0.2) is 0 Å². The number of primary amides is 1. The van der Waals surface area contributed by atoms with E-state index in [1.165, 1.54) is 31.3 Å². The molecule has 0 heterocycles. The molecule has 3 saturated carbocycles. The topological polar surface area (TPSA) is 87.7 Å². The minimum absolute atomic E-state index is 0.137. The number of aliphatic hydroxyl groups is 1. The lowest BCUT2D eigenvalue weighted by Gasteiger charge is -2.58. The number of aliphatic hydroxyl groups excluding tert-OH is 1. The van der Waals surface area contributed by atoms with Crippen LogP contribution in [0.3, 0.4) is 0 Å². The van der Waals surface area contributed by atoms with Crippen LogP contribution in [0.1, 0.15) is 72.1 Å². The van der Waals surface area contributed by atoms with Gasteiger partial charge in [-0.2, -0.15) is 5.10 Å². The third-order valence-corrected chi connectivity index (χ3v) is 8.92. The number of hydrogen-bond acceptors (Lipinski definition) is 3. The van der Waals surface area contributed by atoms with Crippen molar-refractivity contribution in [3.63, 3.8) is 0 Å². The summed E-state index contributed by atoms with van der Waals surface area (Å²) in [6, 6.07) is -0.588. The normalized spacial score (nSPS) is 46.7. The second kappa shape index (κ2) is 6.61. The highest BCUT2D eigenvalue weighted by Gasteiger charge is 2.58. The molecule has 3 fully saturated rings. The lowest BCUT2D eigenvalue weighted by Crippen LogP contribution is -2.51. The Hall–Kier alpha value is -1.36. The fraction of sp³-hybridized carbons (Fsp3) is 0.818. The van der Waals surface area contributed by atoms with E-state index >= 15 is 0 Å². The number of amides is 2. The molecule has 0 spiro atoms. The molecule has 150 valence electrons. The largest absolute Gasteiger partial charge is 0.393 e. The number of rotatable bonds is 2. The summed E-state index contributed by atoms with van der Waals surface area (Å²) < 4.78 is 0. The van der Waals surface area contributed by atoms with Crippen molar-refractivity contribution < 1.29 is 9.90 Å². The first-order valence-electron chi connectivity index (χ1n) is 10.7. The summed E-state index contributed by atoms with van der Waals surface area (Å²) in [5, 5.41) is 14.4. The van der Waals surface area contributed by atoms with E-state index in [1.807, 2.05) is 6.92 Å². The molecule has 27 heavy (non-hydrogen) atoms. The number of fused-ring (bicyclic) bond motifs is 5. The third kappa shape index (κ3) is 2.93. The highest BCUT2D eigenvalue weighted by Crippen LogP contribution is 2.66. The summed E-state index contributed by atoms with van der Waals surface area (Å²) in [6.07, 6.45) is 11.4. The predicted octanol–water partition coefficient (Wildman–Crippen LogP) is 3.97.